The number of fused-ring (bicyclic) bond motifs is 2. The van der Waals surface area contributed by atoms with Gasteiger partial charge in [-0.3, -0.25) is 9.13 Å². The molecule has 1 saturated carbocycles. The van der Waals surface area contributed by atoms with Crippen molar-refractivity contribution >= 4 is 33.5 Å². The van der Waals surface area contributed by atoms with E-state index in [1.807, 2.05) is 0 Å². The average molecular weight is 467 g/mol. The molecular weight excluding hydrogens is 448 g/mol. The summed E-state index contributed by atoms with van der Waals surface area (Å²) in [6.07, 6.45) is -1.99. The molecule has 0 aliphatic heterocycles. The van der Waals surface area contributed by atoms with Crippen molar-refractivity contribution < 1.29 is 17.6 Å². The lowest BCUT2D eigenvalue weighted by molar-refractivity contribution is -0.135. The summed E-state index contributed by atoms with van der Waals surface area (Å²) in [5.41, 5.74) is 2.13. The second-order valence-electron chi connectivity index (χ2n) is 8.17. The summed E-state index contributed by atoms with van der Waals surface area (Å²) in [5, 5.41) is 0.984. The third-order valence-corrected chi connectivity index (χ3v) is 6.05. The molecule has 3 heterocycles. The van der Waals surface area contributed by atoms with Gasteiger partial charge in [0, 0.05) is 30.1 Å². The molecule has 5 nitrogen and oxygen atoms in total. The molecule has 1 aliphatic carbocycles. The molecule has 0 bridgehead atoms. The number of hydrogen-bond acceptors (Lipinski definition) is 2. The topological polar surface area (TPSA) is 44.8 Å². The Bertz CT molecular complexity index is 1380. The van der Waals surface area contributed by atoms with Gasteiger partial charge in [-0.1, -0.05) is 11.6 Å². The molecule has 4 aromatic rings. The maximum absolute atomic E-state index is 14.0. The molecule has 1 aliphatic rings. The van der Waals surface area contributed by atoms with Crippen molar-refractivity contribution in [3.8, 4) is 0 Å². The third kappa shape index (κ3) is 3.90. The molecule has 0 radical (unpaired) electrons. The maximum Gasteiger partial charge on any atom is 0.389 e. The van der Waals surface area contributed by atoms with Crippen LogP contribution in [0.15, 0.2) is 41.3 Å². The standard InChI is InChI=1S/C22H19ClF4N4O/c23-20-9-13-8-16(29(19(13)11-28-20)7-1-6-22(25,26)27)12-30-18-10-14(24)2-5-17(18)31(21(30)32)15-3-4-15/h2,5,8-11,15H,1,3-4,6-7,12H2. The molecule has 0 atom stereocenters. The number of rotatable bonds is 6. The van der Waals surface area contributed by atoms with Crippen LogP contribution in [0.3, 0.4) is 0 Å². The molecule has 0 N–H and O–H groups in total. The quantitative estimate of drug-likeness (QED) is 0.271. The zero-order chi connectivity index (χ0) is 22.6. The van der Waals surface area contributed by atoms with Crippen molar-refractivity contribution in [2.75, 3.05) is 0 Å². The lowest BCUT2D eigenvalue weighted by Gasteiger charge is -2.12. The summed E-state index contributed by atoms with van der Waals surface area (Å²) < 4.78 is 57.1. The molecule has 0 unspecified atom stereocenters. The van der Waals surface area contributed by atoms with E-state index in [4.69, 9.17) is 11.6 Å². The van der Waals surface area contributed by atoms with Crippen molar-refractivity contribution in [2.45, 2.75) is 51.0 Å². The van der Waals surface area contributed by atoms with Gasteiger partial charge in [-0.15, -0.1) is 0 Å². The van der Waals surface area contributed by atoms with Gasteiger partial charge in [-0.25, -0.2) is 14.2 Å². The fraction of sp³-hybridized carbons (Fsp3) is 0.364. The number of nitrogens with zero attached hydrogens (tertiary/aromatic N) is 4. The Morgan fingerprint density at radius 2 is 1.84 bits per heavy atom. The van der Waals surface area contributed by atoms with Crippen LogP contribution in [0.2, 0.25) is 5.15 Å². The number of imidazole rings is 1. The van der Waals surface area contributed by atoms with Gasteiger partial charge >= 0.3 is 11.9 Å². The van der Waals surface area contributed by atoms with E-state index in [2.05, 4.69) is 4.98 Å². The molecule has 0 spiro atoms. The van der Waals surface area contributed by atoms with E-state index in [9.17, 15) is 22.4 Å². The fourth-order valence-electron chi connectivity index (χ4n) is 4.28. The van der Waals surface area contributed by atoms with Crippen LogP contribution < -0.4 is 5.69 Å². The Morgan fingerprint density at radius 1 is 1.06 bits per heavy atom. The van der Waals surface area contributed by atoms with Gasteiger partial charge in [0.2, 0.25) is 0 Å². The average Bonchev–Trinajstić information content (AvgIpc) is 3.44. The van der Waals surface area contributed by atoms with Crippen LogP contribution in [0.1, 0.15) is 37.4 Å². The summed E-state index contributed by atoms with van der Waals surface area (Å²) in [6, 6.07) is 7.78. The lowest BCUT2D eigenvalue weighted by Crippen LogP contribution is -2.25. The van der Waals surface area contributed by atoms with E-state index >= 15 is 0 Å². The minimum atomic E-state index is -4.25. The van der Waals surface area contributed by atoms with Gasteiger partial charge in [0.1, 0.15) is 11.0 Å². The highest BCUT2D eigenvalue weighted by atomic mass is 35.5. The third-order valence-electron chi connectivity index (χ3n) is 5.84. The first-order valence-corrected chi connectivity index (χ1v) is 10.7. The first-order valence-electron chi connectivity index (χ1n) is 10.3. The van der Waals surface area contributed by atoms with Crippen LogP contribution in [-0.4, -0.2) is 24.9 Å². The normalized spacial score (nSPS) is 14.7. The molecule has 0 amide bonds. The van der Waals surface area contributed by atoms with Crippen LogP contribution in [0, 0.1) is 5.82 Å². The SMILES string of the molecule is O=c1n(Cc2cc3cc(Cl)ncc3n2CCCC(F)(F)F)c2cc(F)ccc2n1C1CC1. The Hall–Kier alpha value is -2.81. The molecule has 1 aromatic carbocycles. The molecule has 168 valence electrons. The number of pyridine rings is 1. The number of alkyl halides is 3. The summed E-state index contributed by atoms with van der Waals surface area (Å²) in [4.78, 5) is 17.3. The highest BCUT2D eigenvalue weighted by Crippen LogP contribution is 2.36. The van der Waals surface area contributed by atoms with E-state index in [1.165, 1.54) is 22.9 Å². The first-order chi connectivity index (χ1) is 15.2. The monoisotopic (exact) mass is 466 g/mol. The Balaban J connectivity index is 1.60. The predicted octanol–water partition coefficient (Wildman–Crippen LogP) is 5.67. The largest absolute Gasteiger partial charge is 0.389 e. The zero-order valence-corrected chi connectivity index (χ0v) is 17.6. The van der Waals surface area contributed by atoms with Crippen LogP contribution >= 0.6 is 11.6 Å². The van der Waals surface area contributed by atoms with Gasteiger partial charge in [-0.05, 0) is 49.6 Å². The van der Waals surface area contributed by atoms with Crippen LogP contribution in [0.5, 0.6) is 0 Å². The zero-order valence-electron chi connectivity index (χ0n) is 16.9. The number of aromatic nitrogens is 4. The van der Waals surface area contributed by atoms with Crippen molar-refractivity contribution in [3.63, 3.8) is 0 Å². The van der Waals surface area contributed by atoms with Crippen molar-refractivity contribution in [1.29, 1.82) is 0 Å². The minimum Gasteiger partial charge on any atom is -0.342 e. The van der Waals surface area contributed by atoms with Gasteiger partial charge in [0.05, 0.1) is 29.3 Å². The smallest absolute Gasteiger partial charge is 0.342 e. The van der Waals surface area contributed by atoms with Crippen molar-refractivity contribution in [1.82, 2.24) is 18.7 Å². The number of aryl methyl sites for hydroxylation is 1. The number of halogens is 5. The van der Waals surface area contributed by atoms with E-state index in [1.54, 1.807) is 27.3 Å². The molecule has 10 heteroatoms. The fourth-order valence-corrected chi connectivity index (χ4v) is 4.44. The summed E-state index contributed by atoms with van der Waals surface area (Å²) in [7, 11) is 0. The summed E-state index contributed by atoms with van der Waals surface area (Å²) >= 11 is 6.00. The van der Waals surface area contributed by atoms with E-state index in [0.717, 1.165) is 18.2 Å². The van der Waals surface area contributed by atoms with Gasteiger partial charge < -0.3 is 4.57 Å². The molecule has 5 rings (SSSR count). The predicted molar refractivity (Wildman–Crippen MR) is 114 cm³/mol. The molecule has 3 aromatic heterocycles. The van der Waals surface area contributed by atoms with Gasteiger partial charge in [0.15, 0.2) is 0 Å². The van der Waals surface area contributed by atoms with Crippen LogP contribution in [-0.2, 0) is 13.1 Å². The first kappa shape index (κ1) is 21.1. The minimum absolute atomic E-state index is 0.0941. The van der Waals surface area contributed by atoms with Crippen LogP contribution in [0.25, 0.3) is 21.9 Å². The van der Waals surface area contributed by atoms with Crippen LogP contribution in [0.4, 0.5) is 17.6 Å². The lowest BCUT2D eigenvalue weighted by atomic mass is 10.3. The van der Waals surface area contributed by atoms with Crippen molar-refractivity contribution in [2.24, 2.45) is 0 Å². The number of hydrogen-bond donors (Lipinski definition) is 0. The van der Waals surface area contributed by atoms with E-state index in [-0.39, 0.29) is 36.4 Å². The second kappa shape index (κ2) is 7.65. The van der Waals surface area contributed by atoms with E-state index in [0.29, 0.717) is 22.2 Å². The Kier molecular flexibility index (Phi) is 5.03. The van der Waals surface area contributed by atoms with Crippen molar-refractivity contribution in [3.05, 3.63) is 63.7 Å². The molecule has 0 saturated heterocycles. The summed E-state index contributed by atoms with van der Waals surface area (Å²) in [6.45, 7) is 0.197. The maximum atomic E-state index is 14.0. The Labute approximate surface area is 184 Å². The molecule has 1 fully saturated rings. The number of benzene rings is 1. The van der Waals surface area contributed by atoms with Gasteiger partial charge in [-0.2, -0.15) is 13.2 Å². The molecule has 32 heavy (non-hydrogen) atoms. The second-order valence-corrected chi connectivity index (χ2v) is 8.56. The highest BCUT2D eigenvalue weighted by molar-refractivity contribution is 6.30. The molecular formula is C22H19ClF4N4O. The van der Waals surface area contributed by atoms with E-state index < -0.39 is 18.4 Å². The highest BCUT2D eigenvalue weighted by Gasteiger charge is 2.30. The Morgan fingerprint density at radius 3 is 2.56 bits per heavy atom. The summed E-state index contributed by atoms with van der Waals surface area (Å²) in [5.74, 6) is -0.458. The van der Waals surface area contributed by atoms with Gasteiger partial charge in [0.25, 0.3) is 0 Å².